The zero-order valence-corrected chi connectivity index (χ0v) is 12.2. The Morgan fingerprint density at radius 3 is 2.48 bits per heavy atom. The van der Waals surface area contributed by atoms with Crippen LogP contribution in [0.3, 0.4) is 0 Å². The summed E-state index contributed by atoms with van der Waals surface area (Å²) in [5.41, 5.74) is 3.40. The lowest BCUT2D eigenvalue weighted by Gasteiger charge is -2.18. The summed E-state index contributed by atoms with van der Waals surface area (Å²) in [4.78, 5) is 13.2. The van der Waals surface area contributed by atoms with Gasteiger partial charge in [0, 0.05) is 30.5 Å². The van der Waals surface area contributed by atoms with Gasteiger partial charge in [0.25, 0.3) is 5.69 Å². The highest BCUT2D eigenvalue weighted by Crippen LogP contribution is 2.30. The number of nitrogens with zero attached hydrogens (tertiary/aromatic N) is 4. The van der Waals surface area contributed by atoms with E-state index in [0.717, 1.165) is 30.2 Å². The van der Waals surface area contributed by atoms with Crippen LogP contribution in [-0.4, -0.2) is 27.8 Å². The molecular formula is C15H18N4O2. The maximum Gasteiger partial charge on any atom is 0.295 e. The molecule has 0 unspecified atom stereocenters. The first-order valence-corrected chi connectivity index (χ1v) is 7.13. The molecule has 110 valence electrons. The summed E-state index contributed by atoms with van der Waals surface area (Å²) >= 11 is 0. The molecule has 1 aromatic heterocycles. The predicted molar refractivity (Wildman–Crippen MR) is 81.1 cm³/mol. The summed E-state index contributed by atoms with van der Waals surface area (Å²) in [6.07, 6.45) is 2.35. The minimum Gasteiger partial charge on any atom is -0.371 e. The van der Waals surface area contributed by atoms with Crippen LogP contribution in [0.5, 0.6) is 0 Å². The van der Waals surface area contributed by atoms with Crippen LogP contribution in [0.2, 0.25) is 0 Å². The van der Waals surface area contributed by atoms with E-state index >= 15 is 0 Å². The largest absolute Gasteiger partial charge is 0.371 e. The van der Waals surface area contributed by atoms with Crippen molar-refractivity contribution in [2.75, 3.05) is 18.0 Å². The molecule has 1 aliphatic heterocycles. The van der Waals surface area contributed by atoms with Crippen LogP contribution in [0.4, 0.5) is 11.4 Å². The fraction of sp³-hybridized carbons (Fsp3) is 0.400. The van der Waals surface area contributed by atoms with Gasteiger partial charge in [-0.2, -0.15) is 5.10 Å². The van der Waals surface area contributed by atoms with Crippen LogP contribution in [0, 0.1) is 24.0 Å². The molecule has 0 bridgehead atoms. The minimum atomic E-state index is -0.348. The summed E-state index contributed by atoms with van der Waals surface area (Å²) in [6, 6.07) is 7.22. The van der Waals surface area contributed by atoms with Gasteiger partial charge in [0.2, 0.25) is 0 Å². The Hall–Kier alpha value is -2.37. The van der Waals surface area contributed by atoms with Gasteiger partial charge in [0.1, 0.15) is 5.69 Å². The quantitative estimate of drug-likeness (QED) is 0.642. The monoisotopic (exact) mass is 286 g/mol. The van der Waals surface area contributed by atoms with Gasteiger partial charge >= 0.3 is 0 Å². The Morgan fingerprint density at radius 1 is 1.19 bits per heavy atom. The zero-order valence-electron chi connectivity index (χ0n) is 12.2. The number of nitro groups is 1. The minimum absolute atomic E-state index is 0.0872. The second-order valence-electron chi connectivity index (χ2n) is 5.46. The van der Waals surface area contributed by atoms with E-state index in [9.17, 15) is 10.1 Å². The molecule has 0 radical (unpaired) electrons. The molecular weight excluding hydrogens is 268 g/mol. The third kappa shape index (κ3) is 2.49. The molecule has 6 heteroatoms. The van der Waals surface area contributed by atoms with Crippen LogP contribution in [0.15, 0.2) is 24.3 Å². The molecule has 1 fully saturated rings. The van der Waals surface area contributed by atoms with Gasteiger partial charge in [-0.3, -0.25) is 10.1 Å². The Kier molecular flexibility index (Phi) is 3.37. The standard InChI is InChI=1S/C15H18N4O2/c1-11-9-12(2)18(16-11)15-10-13(17-7-3-4-8-17)5-6-14(15)19(20)21/h5-6,9-10H,3-4,7-8H2,1-2H3. The highest BCUT2D eigenvalue weighted by molar-refractivity contribution is 5.63. The van der Waals surface area contributed by atoms with E-state index in [2.05, 4.69) is 10.00 Å². The fourth-order valence-electron chi connectivity index (χ4n) is 2.88. The van der Waals surface area contributed by atoms with Crippen molar-refractivity contribution in [2.45, 2.75) is 26.7 Å². The third-order valence-corrected chi connectivity index (χ3v) is 3.86. The number of hydrogen-bond acceptors (Lipinski definition) is 4. The molecule has 2 aromatic rings. The summed E-state index contributed by atoms with van der Waals surface area (Å²) in [6.45, 7) is 5.81. The number of nitro benzene ring substituents is 1. The van der Waals surface area contributed by atoms with Gasteiger partial charge < -0.3 is 4.90 Å². The molecule has 0 amide bonds. The van der Waals surface area contributed by atoms with E-state index in [1.165, 1.54) is 12.8 Å². The number of aromatic nitrogens is 2. The summed E-state index contributed by atoms with van der Waals surface area (Å²) in [5, 5.41) is 15.7. The highest BCUT2D eigenvalue weighted by Gasteiger charge is 2.21. The van der Waals surface area contributed by atoms with Crippen molar-refractivity contribution in [2.24, 2.45) is 0 Å². The Morgan fingerprint density at radius 2 is 1.90 bits per heavy atom. The lowest BCUT2D eigenvalue weighted by molar-refractivity contribution is -0.384. The topological polar surface area (TPSA) is 64.2 Å². The zero-order chi connectivity index (χ0) is 15.0. The van der Waals surface area contributed by atoms with E-state index in [1.807, 2.05) is 32.0 Å². The van der Waals surface area contributed by atoms with Gasteiger partial charge in [0.05, 0.1) is 10.6 Å². The van der Waals surface area contributed by atoms with E-state index in [1.54, 1.807) is 10.7 Å². The van der Waals surface area contributed by atoms with Crippen molar-refractivity contribution in [3.63, 3.8) is 0 Å². The van der Waals surface area contributed by atoms with Crippen LogP contribution in [0.1, 0.15) is 24.2 Å². The summed E-state index contributed by atoms with van der Waals surface area (Å²) in [5.74, 6) is 0. The van der Waals surface area contributed by atoms with Crippen LogP contribution < -0.4 is 4.90 Å². The first-order valence-electron chi connectivity index (χ1n) is 7.13. The molecule has 21 heavy (non-hydrogen) atoms. The Balaban J connectivity index is 2.12. The first-order chi connectivity index (χ1) is 10.1. The molecule has 0 N–H and O–H groups in total. The molecule has 3 rings (SSSR count). The number of benzene rings is 1. The van der Waals surface area contributed by atoms with Crippen LogP contribution >= 0.6 is 0 Å². The van der Waals surface area contributed by atoms with Crippen molar-refractivity contribution >= 4 is 11.4 Å². The average Bonchev–Trinajstić information content (AvgIpc) is 3.07. The van der Waals surface area contributed by atoms with Crippen molar-refractivity contribution in [1.29, 1.82) is 0 Å². The lowest BCUT2D eigenvalue weighted by atomic mass is 10.2. The number of anilines is 1. The second kappa shape index (κ2) is 5.20. The summed E-state index contributed by atoms with van der Waals surface area (Å²) < 4.78 is 1.66. The smallest absolute Gasteiger partial charge is 0.295 e. The van der Waals surface area contributed by atoms with E-state index in [4.69, 9.17) is 0 Å². The highest BCUT2D eigenvalue weighted by atomic mass is 16.6. The van der Waals surface area contributed by atoms with Gasteiger partial charge in [-0.15, -0.1) is 0 Å². The van der Waals surface area contributed by atoms with E-state index in [0.29, 0.717) is 5.69 Å². The van der Waals surface area contributed by atoms with Crippen LogP contribution in [0.25, 0.3) is 5.69 Å². The fourth-order valence-corrected chi connectivity index (χ4v) is 2.88. The molecule has 0 aliphatic carbocycles. The molecule has 2 heterocycles. The maximum absolute atomic E-state index is 11.3. The SMILES string of the molecule is Cc1cc(C)n(-c2cc(N3CCCC3)ccc2[N+](=O)[O-])n1. The van der Waals surface area contributed by atoms with Crippen LogP contribution in [-0.2, 0) is 0 Å². The normalized spacial score (nSPS) is 14.7. The molecule has 0 atom stereocenters. The Labute approximate surface area is 123 Å². The van der Waals surface area contributed by atoms with Gasteiger partial charge in [-0.25, -0.2) is 4.68 Å². The molecule has 1 aromatic carbocycles. The molecule has 1 saturated heterocycles. The van der Waals surface area contributed by atoms with Crippen molar-refractivity contribution < 1.29 is 4.92 Å². The van der Waals surface area contributed by atoms with Crippen molar-refractivity contribution in [3.8, 4) is 5.69 Å². The van der Waals surface area contributed by atoms with Gasteiger partial charge in [-0.05, 0) is 44.9 Å². The van der Waals surface area contributed by atoms with Crippen molar-refractivity contribution in [1.82, 2.24) is 9.78 Å². The molecule has 1 aliphatic rings. The lowest BCUT2D eigenvalue weighted by Crippen LogP contribution is -2.18. The van der Waals surface area contributed by atoms with E-state index in [-0.39, 0.29) is 10.6 Å². The number of rotatable bonds is 3. The first kappa shape index (κ1) is 13.6. The average molecular weight is 286 g/mol. The number of aryl methyl sites for hydroxylation is 2. The summed E-state index contributed by atoms with van der Waals surface area (Å²) in [7, 11) is 0. The number of hydrogen-bond donors (Lipinski definition) is 0. The van der Waals surface area contributed by atoms with Gasteiger partial charge in [0.15, 0.2) is 0 Å². The third-order valence-electron chi connectivity index (χ3n) is 3.86. The Bertz CT molecular complexity index is 687. The molecule has 0 saturated carbocycles. The van der Waals surface area contributed by atoms with E-state index < -0.39 is 0 Å². The van der Waals surface area contributed by atoms with Crippen molar-refractivity contribution in [3.05, 3.63) is 45.8 Å². The molecule has 0 spiro atoms. The maximum atomic E-state index is 11.3. The second-order valence-corrected chi connectivity index (χ2v) is 5.46. The van der Waals surface area contributed by atoms with Gasteiger partial charge in [-0.1, -0.05) is 0 Å². The molecule has 6 nitrogen and oxygen atoms in total. The predicted octanol–water partition coefficient (Wildman–Crippen LogP) is 3.00.